The van der Waals surface area contributed by atoms with Gasteiger partial charge in [0.25, 0.3) is 0 Å². The molecule has 2 heterocycles. The summed E-state index contributed by atoms with van der Waals surface area (Å²) in [5.41, 5.74) is 0. The van der Waals surface area contributed by atoms with E-state index in [0.717, 1.165) is 52.1 Å². The fraction of sp³-hybridized carbons (Fsp3) is 0.667. The Morgan fingerprint density at radius 3 is 2.28 bits per heavy atom. The molecular formula is C21H33N3O4S. The third-order valence-electron chi connectivity index (χ3n) is 5.86. The molecule has 0 aromatic heterocycles. The lowest BCUT2D eigenvalue weighted by molar-refractivity contribution is -0.132. The first-order valence-electron chi connectivity index (χ1n) is 10.6. The molecule has 0 bridgehead atoms. The van der Waals surface area contributed by atoms with Crippen molar-refractivity contribution in [3.05, 3.63) is 24.3 Å². The zero-order chi connectivity index (χ0) is 20.7. The number of ether oxygens (including phenoxy) is 1. The lowest BCUT2D eigenvalue weighted by atomic mass is 10.2. The number of nitrogens with zero attached hydrogens (tertiary/aromatic N) is 3. The first kappa shape index (κ1) is 22.1. The smallest absolute Gasteiger partial charge is 0.236 e. The predicted molar refractivity (Wildman–Crippen MR) is 113 cm³/mol. The molecular weight excluding hydrogens is 390 g/mol. The SMILES string of the molecule is COc1cccc(S(=O)(=O)CCN2CCN(CC(=O)N3CCCCCC3)CC2)c1. The Morgan fingerprint density at radius 1 is 0.966 bits per heavy atom. The van der Waals surface area contributed by atoms with Crippen LogP contribution in [0.2, 0.25) is 0 Å². The second kappa shape index (κ2) is 10.4. The largest absolute Gasteiger partial charge is 0.497 e. The first-order chi connectivity index (χ1) is 14.0. The van der Waals surface area contributed by atoms with Gasteiger partial charge in [-0.2, -0.15) is 0 Å². The van der Waals surface area contributed by atoms with Crippen molar-refractivity contribution in [2.75, 3.05) is 65.2 Å². The van der Waals surface area contributed by atoms with Crippen LogP contribution in [0.5, 0.6) is 5.75 Å². The van der Waals surface area contributed by atoms with Gasteiger partial charge in [0.1, 0.15) is 5.75 Å². The topological polar surface area (TPSA) is 70.2 Å². The first-order valence-corrected chi connectivity index (χ1v) is 12.2. The van der Waals surface area contributed by atoms with Gasteiger partial charge in [-0.05, 0) is 31.0 Å². The molecule has 29 heavy (non-hydrogen) atoms. The fourth-order valence-electron chi connectivity index (χ4n) is 3.94. The Bertz CT molecular complexity index is 768. The maximum Gasteiger partial charge on any atom is 0.236 e. The highest BCUT2D eigenvalue weighted by molar-refractivity contribution is 7.91. The van der Waals surface area contributed by atoms with Crippen molar-refractivity contribution in [1.29, 1.82) is 0 Å². The molecule has 1 amide bonds. The van der Waals surface area contributed by atoms with Crippen molar-refractivity contribution in [3.8, 4) is 5.75 Å². The second-order valence-electron chi connectivity index (χ2n) is 7.91. The molecule has 1 aromatic carbocycles. The van der Waals surface area contributed by atoms with E-state index in [0.29, 0.717) is 23.7 Å². The van der Waals surface area contributed by atoms with Crippen LogP contribution in [0.4, 0.5) is 0 Å². The van der Waals surface area contributed by atoms with Crippen molar-refractivity contribution < 1.29 is 17.9 Å². The zero-order valence-electron chi connectivity index (χ0n) is 17.4. The molecule has 0 N–H and O–H groups in total. The zero-order valence-corrected chi connectivity index (χ0v) is 18.2. The monoisotopic (exact) mass is 423 g/mol. The number of amides is 1. The summed E-state index contributed by atoms with van der Waals surface area (Å²) < 4.78 is 30.4. The quantitative estimate of drug-likeness (QED) is 0.662. The lowest BCUT2D eigenvalue weighted by Gasteiger charge is -2.35. The Hall–Kier alpha value is -1.64. The van der Waals surface area contributed by atoms with E-state index in [-0.39, 0.29) is 11.7 Å². The van der Waals surface area contributed by atoms with Crippen LogP contribution >= 0.6 is 0 Å². The third-order valence-corrected chi connectivity index (χ3v) is 7.55. The Balaban J connectivity index is 1.43. The molecule has 0 aliphatic carbocycles. The molecule has 1 aromatic rings. The molecule has 162 valence electrons. The van der Waals surface area contributed by atoms with E-state index in [9.17, 15) is 13.2 Å². The van der Waals surface area contributed by atoms with Gasteiger partial charge in [0, 0.05) is 45.8 Å². The van der Waals surface area contributed by atoms with Crippen LogP contribution in [-0.2, 0) is 14.6 Å². The minimum absolute atomic E-state index is 0.0902. The molecule has 2 aliphatic rings. The molecule has 2 saturated heterocycles. The van der Waals surface area contributed by atoms with Crippen LogP contribution in [0.3, 0.4) is 0 Å². The van der Waals surface area contributed by atoms with Gasteiger partial charge < -0.3 is 9.64 Å². The number of likely N-dealkylation sites (tertiary alicyclic amines) is 1. The number of rotatable bonds is 7. The van der Waals surface area contributed by atoms with Crippen molar-refractivity contribution in [2.45, 2.75) is 30.6 Å². The minimum atomic E-state index is -3.34. The highest BCUT2D eigenvalue weighted by Crippen LogP contribution is 2.18. The molecule has 7 nitrogen and oxygen atoms in total. The van der Waals surface area contributed by atoms with Crippen molar-refractivity contribution >= 4 is 15.7 Å². The van der Waals surface area contributed by atoms with Crippen molar-refractivity contribution in [2.24, 2.45) is 0 Å². The summed E-state index contributed by atoms with van der Waals surface area (Å²) in [5.74, 6) is 0.877. The molecule has 0 unspecified atom stereocenters. The van der Waals surface area contributed by atoms with E-state index in [2.05, 4.69) is 9.80 Å². The van der Waals surface area contributed by atoms with E-state index >= 15 is 0 Å². The minimum Gasteiger partial charge on any atom is -0.497 e. The van der Waals surface area contributed by atoms with Gasteiger partial charge in [0.2, 0.25) is 5.91 Å². The molecule has 0 atom stereocenters. The number of methoxy groups -OCH3 is 1. The molecule has 0 radical (unpaired) electrons. The molecule has 0 spiro atoms. The van der Waals surface area contributed by atoms with Gasteiger partial charge in [-0.25, -0.2) is 8.42 Å². The van der Waals surface area contributed by atoms with Crippen LogP contribution in [-0.4, -0.2) is 94.2 Å². The van der Waals surface area contributed by atoms with Gasteiger partial charge in [-0.1, -0.05) is 18.9 Å². The van der Waals surface area contributed by atoms with E-state index < -0.39 is 9.84 Å². The summed E-state index contributed by atoms with van der Waals surface area (Å²) in [5, 5.41) is 0. The number of hydrogen-bond acceptors (Lipinski definition) is 6. The molecule has 2 fully saturated rings. The summed E-state index contributed by atoms with van der Waals surface area (Å²) >= 11 is 0. The van der Waals surface area contributed by atoms with Crippen LogP contribution in [0, 0.1) is 0 Å². The van der Waals surface area contributed by atoms with E-state index in [1.165, 1.54) is 20.0 Å². The Morgan fingerprint density at radius 2 is 1.62 bits per heavy atom. The van der Waals surface area contributed by atoms with E-state index in [1.54, 1.807) is 24.3 Å². The summed E-state index contributed by atoms with van der Waals surface area (Å²) in [7, 11) is -1.81. The van der Waals surface area contributed by atoms with Crippen molar-refractivity contribution in [3.63, 3.8) is 0 Å². The third kappa shape index (κ3) is 6.42. The Kier molecular flexibility index (Phi) is 7.91. The van der Waals surface area contributed by atoms with Gasteiger partial charge in [-0.3, -0.25) is 14.6 Å². The van der Waals surface area contributed by atoms with Crippen LogP contribution < -0.4 is 4.74 Å². The van der Waals surface area contributed by atoms with Gasteiger partial charge in [0.05, 0.1) is 24.3 Å². The lowest BCUT2D eigenvalue weighted by Crippen LogP contribution is -2.50. The average molecular weight is 424 g/mol. The normalized spacial score (nSPS) is 19.7. The number of sulfone groups is 1. The molecule has 8 heteroatoms. The van der Waals surface area contributed by atoms with Crippen LogP contribution in [0.25, 0.3) is 0 Å². The van der Waals surface area contributed by atoms with E-state index in [1.807, 2.05) is 4.90 Å². The summed E-state index contributed by atoms with van der Waals surface area (Å²) in [6.07, 6.45) is 4.67. The number of piperazine rings is 1. The maximum absolute atomic E-state index is 12.6. The molecule has 2 aliphatic heterocycles. The highest BCUT2D eigenvalue weighted by atomic mass is 32.2. The van der Waals surface area contributed by atoms with Crippen LogP contribution in [0.15, 0.2) is 29.2 Å². The van der Waals surface area contributed by atoms with Gasteiger partial charge >= 0.3 is 0 Å². The number of carbonyl (C=O) groups is 1. The summed E-state index contributed by atoms with van der Waals surface area (Å²) in [6, 6.07) is 6.63. The maximum atomic E-state index is 12.6. The molecule has 3 rings (SSSR count). The van der Waals surface area contributed by atoms with Crippen molar-refractivity contribution in [1.82, 2.24) is 14.7 Å². The van der Waals surface area contributed by atoms with Gasteiger partial charge in [-0.15, -0.1) is 0 Å². The van der Waals surface area contributed by atoms with Crippen LogP contribution in [0.1, 0.15) is 25.7 Å². The van der Waals surface area contributed by atoms with E-state index in [4.69, 9.17) is 4.74 Å². The highest BCUT2D eigenvalue weighted by Gasteiger charge is 2.24. The number of hydrogen-bond donors (Lipinski definition) is 0. The average Bonchev–Trinajstić information content (AvgIpc) is 3.03. The standard InChI is InChI=1S/C21H33N3O4S/c1-28-19-7-6-8-20(17-19)29(26,27)16-15-22-11-13-23(14-12-22)18-21(25)24-9-4-2-3-5-10-24/h6-8,17H,2-5,9-16,18H2,1H3. The predicted octanol–water partition coefficient (Wildman–Crippen LogP) is 1.49. The Labute approximate surface area is 174 Å². The second-order valence-corrected chi connectivity index (χ2v) is 10.0. The molecule has 0 saturated carbocycles. The number of carbonyl (C=O) groups excluding carboxylic acids is 1. The van der Waals surface area contributed by atoms with Gasteiger partial charge in [0.15, 0.2) is 9.84 Å². The fourth-order valence-corrected chi connectivity index (χ4v) is 5.26. The summed E-state index contributed by atoms with van der Waals surface area (Å²) in [6.45, 7) is 5.96. The summed E-state index contributed by atoms with van der Waals surface area (Å²) in [4.78, 5) is 19.2. The number of benzene rings is 1.